The Morgan fingerprint density at radius 2 is 2.16 bits per heavy atom. The van der Waals surface area contributed by atoms with E-state index < -0.39 is 11.7 Å². The summed E-state index contributed by atoms with van der Waals surface area (Å²) in [7, 11) is 0. The second kappa shape index (κ2) is 5.38. The summed E-state index contributed by atoms with van der Waals surface area (Å²) >= 11 is 0. The molecule has 1 aromatic rings. The van der Waals surface area contributed by atoms with E-state index in [1.807, 2.05) is 0 Å². The van der Waals surface area contributed by atoms with E-state index in [0.29, 0.717) is 19.4 Å². The maximum atomic E-state index is 13.7. The third-order valence-corrected chi connectivity index (χ3v) is 3.46. The molecule has 0 aliphatic carbocycles. The number of amides is 2. The van der Waals surface area contributed by atoms with Crippen molar-refractivity contribution in [3.63, 3.8) is 0 Å². The predicted octanol–water partition coefficient (Wildman–Crippen LogP) is 1.47. The number of benzene rings is 1. The summed E-state index contributed by atoms with van der Waals surface area (Å²) in [4.78, 5) is 25.0. The lowest BCUT2D eigenvalue weighted by Gasteiger charge is -2.31. The molecule has 0 aromatic heterocycles. The van der Waals surface area contributed by atoms with E-state index in [9.17, 15) is 14.0 Å². The van der Waals surface area contributed by atoms with Crippen LogP contribution in [0.5, 0.6) is 0 Å². The lowest BCUT2D eigenvalue weighted by molar-refractivity contribution is -0.123. The van der Waals surface area contributed by atoms with Gasteiger partial charge in [-0.2, -0.15) is 0 Å². The molecule has 4 nitrogen and oxygen atoms in total. The molecule has 2 rings (SSSR count). The monoisotopic (exact) mass is 264 g/mol. The third kappa shape index (κ3) is 2.92. The lowest BCUT2D eigenvalue weighted by Crippen LogP contribution is -2.44. The summed E-state index contributed by atoms with van der Waals surface area (Å²) in [6, 6.07) is 4.44. The number of hydrogen-bond acceptors (Lipinski definition) is 2. The molecule has 0 saturated carbocycles. The summed E-state index contributed by atoms with van der Waals surface area (Å²) in [6.07, 6.45) is 1.40. The molecule has 1 aromatic carbocycles. The minimum Gasteiger partial charge on any atom is -0.369 e. The first-order valence-electron chi connectivity index (χ1n) is 6.34. The Kier molecular flexibility index (Phi) is 3.83. The second-order valence-electron chi connectivity index (χ2n) is 4.98. The first-order valence-corrected chi connectivity index (χ1v) is 6.34. The van der Waals surface area contributed by atoms with Crippen molar-refractivity contribution < 1.29 is 14.0 Å². The number of nitrogens with two attached hydrogens (primary N) is 1. The molecule has 1 aliphatic heterocycles. The van der Waals surface area contributed by atoms with E-state index in [0.717, 1.165) is 5.56 Å². The summed E-state index contributed by atoms with van der Waals surface area (Å²) in [6.45, 7) is 2.62. The van der Waals surface area contributed by atoms with Gasteiger partial charge in [-0.05, 0) is 31.9 Å². The summed E-state index contributed by atoms with van der Waals surface area (Å²) in [5, 5.41) is 0. The van der Waals surface area contributed by atoms with Gasteiger partial charge in [-0.1, -0.05) is 11.6 Å². The fourth-order valence-electron chi connectivity index (χ4n) is 2.37. The maximum Gasteiger partial charge on any atom is 0.256 e. The van der Waals surface area contributed by atoms with Gasteiger partial charge in [0.25, 0.3) is 5.91 Å². The highest BCUT2D eigenvalue weighted by molar-refractivity contribution is 5.95. The third-order valence-electron chi connectivity index (χ3n) is 3.46. The number of carbonyl (C=O) groups is 2. The molecule has 5 heteroatoms. The van der Waals surface area contributed by atoms with Gasteiger partial charge in [0.05, 0.1) is 11.5 Å². The lowest BCUT2D eigenvalue weighted by atomic mass is 9.96. The van der Waals surface area contributed by atoms with Crippen molar-refractivity contribution in [2.75, 3.05) is 13.1 Å². The highest BCUT2D eigenvalue weighted by atomic mass is 19.1. The number of likely N-dealkylation sites (tertiary alicyclic amines) is 1. The first-order chi connectivity index (χ1) is 8.99. The second-order valence-corrected chi connectivity index (χ2v) is 4.98. The minimum absolute atomic E-state index is 0.0603. The number of aryl methyl sites for hydroxylation is 1. The fraction of sp³-hybridized carbons (Fsp3) is 0.429. The van der Waals surface area contributed by atoms with Gasteiger partial charge in [0, 0.05) is 13.1 Å². The average Bonchev–Trinajstić information content (AvgIpc) is 2.41. The van der Waals surface area contributed by atoms with Crippen LogP contribution in [-0.4, -0.2) is 29.8 Å². The zero-order valence-electron chi connectivity index (χ0n) is 10.9. The molecule has 1 heterocycles. The van der Waals surface area contributed by atoms with Gasteiger partial charge >= 0.3 is 0 Å². The highest BCUT2D eigenvalue weighted by Gasteiger charge is 2.28. The average molecular weight is 264 g/mol. The summed E-state index contributed by atoms with van der Waals surface area (Å²) in [5.74, 6) is -1.63. The molecule has 2 N–H and O–H groups in total. The van der Waals surface area contributed by atoms with E-state index in [4.69, 9.17) is 5.73 Å². The minimum atomic E-state index is -0.531. The molecule has 1 atom stereocenters. The Bertz CT molecular complexity index is 516. The Morgan fingerprint density at radius 1 is 1.42 bits per heavy atom. The van der Waals surface area contributed by atoms with Gasteiger partial charge < -0.3 is 10.6 Å². The van der Waals surface area contributed by atoms with Gasteiger partial charge in [-0.25, -0.2) is 4.39 Å². The smallest absolute Gasteiger partial charge is 0.256 e. The van der Waals surface area contributed by atoms with E-state index in [1.54, 1.807) is 13.0 Å². The van der Waals surface area contributed by atoms with Crippen molar-refractivity contribution in [1.29, 1.82) is 0 Å². The number of primary amides is 1. The number of nitrogens with zero attached hydrogens (tertiary/aromatic N) is 1. The summed E-state index contributed by atoms with van der Waals surface area (Å²) < 4.78 is 13.7. The van der Waals surface area contributed by atoms with E-state index in [1.165, 1.54) is 17.0 Å². The van der Waals surface area contributed by atoms with Crippen molar-refractivity contribution in [3.8, 4) is 0 Å². The molecule has 2 amide bonds. The van der Waals surface area contributed by atoms with Crippen LogP contribution in [0.4, 0.5) is 4.39 Å². The van der Waals surface area contributed by atoms with Gasteiger partial charge in [-0.15, -0.1) is 0 Å². The van der Waals surface area contributed by atoms with Crippen molar-refractivity contribution in [3.05, 3.63) is 35.1 Å². The molecule has 1 saturated heterocycles. The molecule has 0 unspecified atom stereocenters. The first kappa shape index (κ1) is 13.5. The molecular weight excluding hydrogens is 247 g/mol. The van der Waals surface area contributed by atoms with Crippen molar-refractivity contribution in [2.24, 2.45) is 11.7 Å². The van der Waals surface area contributed by atoms with Crippen molar-refractivity contribution >= 4 is 11.8 Å². The molecular formula is C14H17FN2O2. The van der Waals surface area contributed by atoms with E-state index in [2.05, 4.69) is 0 Å². The van der Waals surface area contributed by atoms with Gasteiger partial charge in [0.2, 0.25) is 5.91 Å². The number of piperidine rings is 1. The molecule has 1 fully saturated rings. The molecule has 102 valence electrons. The van der Waals surface area contributed by atoms with Crippen LogP contribution < -0.4 is 5.73 Å². The van der Waals surface area contributed by atoms with E-state index >= 15 is 0 Å². The number of carbonyl (C=O) groups excluding carboxylic acids is 2. The molecule has 0 bridgehead atoms. The van der Waals surface area contributed by atoms with Gasteiger partial charge in [0.15, 0.2) is 0 Å². The van der Waals surface area contributed by atoms with Crippen LogP contribution >= 0.6 is 0 Å². The van der Waals surface area contributed by atoms with Crippen LogP contribution in [0, 0.1) is 18.7 Å². The summed E-state index contributed by atoms with van der Waals surface area (Å²) in [5.41, 5.74) is 6.16. The van der Waals surface area contributed by atoms with Crippen molar-refractivity contribution in [1.82, 2.24) is 4.90 Å². The van der Waals surface area contributed by atoms with Crippen LogP contribution in [0.15, 0.2) is 18.2 Å². The number of halogens is 1. The van der Waals surface area contributed by atoms with Crippen LogP contribution in [0.1, 0.15) is 28.8 Å². The standard InChI is InChI=1S/C14H17FN2O2/c1-9-4-5-12(15)11(7-9)14(19)17-6-2-3-10(8-17)13(16)18/h4-5,7,10H,2-3,6,8H2,1H3,(H2,16,18)/t10-/m1/s1. The quantitative estimate of drug-likeness (QED) is 0.879. The van der Waals surface area contributed by atoms with Crippen molar-refractivity contribution in [2.45, 2.75) is 19.8 Å². The normalized spacial score (nSPS) is 19.3. The molecule has 0 spiro atoms. The zero-order chi connectivity index (χ0) is 14.0. The Balaban J connectivity index is 2.19. The van der Waals surface area contributed by atoms with Gasteiger partial charge in [0.1, 0.15) is 5.82 Å². The molecule has 19 heavy (non-hydrogen) atoms. The SMILES string of the molecule is Cc1ccc(F)c(C(=O)N2CCC[C@@H](C(N)=O)C2)c1. The Hall–Kier alpha value is -1.91. The van der Waals surface area contributed by atoms with Crippen LogP contribution in [0.2, 0.25) is 0 Å². The maximum absolute atomic E-state index is 13.7. The highest BCUT2D eigenvalue weighted by Crippen LogP contribution is 2.20. The van der Waals surface area contributed by atoms with E-state index in [-0.39, 0.29) is 23.9 Å². The molecule has 0 radical (unpaired) electrons. The Labute approximate surface area is 111 Å². The Morgan fingerprint density at radius 3 is 2.84 bits per heavy atom. The number of rotatable bonds is 2. The fourth-order valence-corrected chi connectivity index (χ4v) is 2.37. The number of hydrogen-bond donors (Lipinski definition) is 1. The predicted molar refractivity (Wildman–Crippen MR) is 69.0 cm³/mol. The zero-order valence-corrected chi connectivity index (χ0v) is 10.9. The van der Waals surface area contributed by atoms with Crippen LogP contribution in [0.25, 0.3) is 0 Å². The van der Waals surface area contributed by atoms with Gasteiger partial charge in [-0.3, -0.25) is 9.59 Å². The largest absolute Gasteiger partial charge is 0.369 e. The molecule has 1 aliphatic rings. The van der Waals surface area contributed by atoms with Crippen LogP contribution in [0.3, 0.4) is 0 Å². The van der Waals surface area contributed by atoms with Crippen LogP contribution in [-0.2, 0) is 4.79 Å². The topological polar surface area (TPSA) is 63.4 Å².